The minimum absolute atomic E-state index is 0.0275. The van der Waals surface area contributed by atoms with Crippen molar-refractivity contribution in [2.75, 3.05) is 18.4 Å². The van der Waals surface area contributed by atoms with Crippen LogP contribution in [-0.4, -0.2) is 56.0 Å². The predicted octanol–water partition coefficient (Wildman–Crippen LogP) is 4.03. The second kappa shape index (κ2) is 9.18. The van der Waals surface area contributed by atoms with Crippen LogP contribution in [0.15, 0.2) is 24.3 Å². The van der Waals surface area contributed by atoms with Gasteiger partial charge in [0.1, 0.15) is 5.60 Å². The zero-order valence-electron chi connectivity index (χ0n) is 19.7. The van der Waals surface area contributed by atoms with Gasteiger partial charge in [-0.1, -0.05) is 20.8 Å². The first kappa shape index (κ1) is 23.6. The number of hydrogen-bond donors (Lipinski definition) is 1. The van der Waals surface area contributed by atoms with Crippen molar-refractivity contribution in [1.29, 1.82) is 0 Å². The van der Waals surface area contributed by atoms with E-state index in [9.17, 15) is 9.59 Å². The Labute approximate surface area is 189 Å². The molecule has 0 spiro atoms. The first-order valence-corrected chi connectivity index (χ1v) is 10.9. The third-order valence-electron chi connectivity index (χ3n) is 5.01. The van der Waals surface area contributed by atoms with Crippen LogP contribution in [0, 0.1) is 5.41 Å². The lowest BCUT2D eigenvalue weighted by Crippen LogP contribution is -2.42. The lowest BCUT2D eigenvalue weighted by molar-refractivity contribution is -0.123. The maximum absolute atomic E-state index is 12.4. The number of hydrogen-bond acceptors (Lipinski definition) is 7. The Hall–Kier alpha value is -3.10. The van der Waals surface area contributed by atoms with Gasteiger partial charge in [-0.25, -0.2) is 4.79 Å². The van der Waals surface area contributed by atoms with Crippen molar-refractivity contribution in [2.45, 2.75) is 65.9 Å². The number of rotatable bonds is 3. The summed E-state index contributed by atoms with van der Waals surface area (Å²) in [5.41, 5.74) is 0.458. The highest BCUT2D eigenvalue weighted by Crippen LogP contribution is 2.26. The van der Waals surface area contributed by atoms with Crippen LogP contribution in [0.25, 0.3) is 11.4 Å². The molecule has 1 aliphatic rings. The number of anilines is 1. The second-order valence-corrected chi connectivity index (χ2v) is 10.1. The lowest BCUT2D eigenvalue weighted by atomic mass is 9.95. The van der Waals surface area contributed by atoms with Crippen LogP contribution in [0.5, 0.6) is 0 Å². The number of aromatic nitrogens is 4. The van der Waals surface area contributed by atoms with Crippen LogP contribution in [0.1, 0.15) is 66.1 Å². The van der Waals surface area contributed by atoms with Gasteiger partial charge in [0, 0.05) is 35.7 Å². The number of amides is 2. The average molecular weight is 441 g/mol. The molecule has 2 amide bonds. The molecule has 2 aromatic rings. The molecule has 1 N–H and O–H groups in total. The quantitative estimate of drug-likeness (QED) is 0.767. The fourth-order valence-electron chi connectivity index (χ4n) is 3.22. The van der Waals surface area contributed by atoms with Gasteiger partial charge in [-0.05, 0) is 57.9 Å². The van der Waals surface area contributed by atoms with E-state index in [1.54, 1.807) is 17.0 Å². The molecule has 1 unspecified atom stereocenters. The largest absolute Gasteiger partial charge is 0.444 e. The lowest BCUT2D eigenvalue weighted by Gasteiger charge is -2.33. The van der Waals surface area contributed by atoms with Crippen LogP contribution in [0.2, 0.25) is 0 Å². The summed E-state index contributed by atoms with van der Waals surface area (Å²) in [5, 5.41) is 19.9. The van der Waals surface area contributed by atoms with E-state index in [0.29, 0.717) is 30.4 Å². The van der Waals surface area contributed by atoms with Crippen molar-refractivity contribution in [1.82, 2.24) is 25.3 Å². The van der Waals surface area contributed by atoms with Gasteiger partial charge >= 0.3 is 6.09 Å². The van der Waals surface area contributed by atoms with Crippen LogP contribution in [0.3, 0.4) is 0 Å². The van der Waals surface area contributed by atoms with E-state index in [1.807, 2.05) is 53.7 Å². The SMILES string of the molecule is CC(C)(C)OC(=O)N1CCCC(c2nnc(-c3ccc(NC(=O)C(C)(C)C)cc3)nn2)C1. The zero-order valence-corrected chi connectivity index (χ0v) is 19.7. The van der Waals surface area contributed by atoms with E-state index >= 15 is 0 Å². The summed E-state index contributed by atoms with van der Waals surface area (Å²) in [4.78, 5) is 26.2. The van der Waals surface area contributed by atoms with Crippen molar-refractivity contribution in [3.63, 3.8) is 0 Å². The monoisotopic (exact) mass is 440 g/mol. The van der Waals surface area contributed by atoms with Gasteiger partial charge in [0.15, 0.2) is 5.82 Å². The van der Waals surface area contributed by atoms with Gasteiger partial charge in [0.05, 0.1) is 0 Å². The Bertz CT molecular complexity index is 946. The maximum atomic E-state index is 12.4. The number of carbonyl (C=O) groups is 2. The Balaban J connectivity index is 1.64. The number of benzene rings is 1. The van der Waals surface area contributed by atoms with Gasteiger partial charge < -0.3 is 15.0 Å². The van der Waals surface area contributed by atoms with Crippen LogP contribution in [0.4, 0.5) is 10.5 Å². The number of likely N-dealkylation sites (tertiary alicyclic amines) is 1. The maximum Gasteiger partial charge on any atom is 0.410 e. The van der Waals surface area contributed by atoms with Crippen LogP contribution in [-0.2, 0) is 9.53 Å². The molecule has 1 atom stereocenters. The van der Waals surface area contributed by atoms with Gasteiger partial charge in [-0.3, -0.25) is 4.79 Å². The third-order valence-corrected chi connectivity index (χ3v) is 5.01. The van der Waals surface area contributed by atoms with E-state index in [-0.39, 0.29) is 17.9 Å². The Kier molecular flexibility index (Phi) is 6.76. The van der Waals surface area contributed by atoms with Gasteiger partial charge in [-0.15, -0.1) is 20.4 Å². The topological polar surface area (TPSA) is 110 Å². The third kappa shape index (κ3) is 6.21. The van der Waals surface area contributed by atoms with Crippen molar-refractivity contribution in [3.8, 4) is 11.4 Å². The highest BCUT2D eigenvalue weighted by atomic mass is 16.6. The molecule has 9 heteroatoms. The first-order valence-electron chi connectivity index (χ1n) is 10.9. The van der Waals surface area contributed by atoms with E-state index in [4.69, 9.17) is 4.74 Å². The molecule has 0 aliphatic carbocycles. The van der Waals surface area contributed by atoms with E-state index in [2.05, 4.69) is 25.7 Å². The fourth-order valence-corrected chi connectivity index (χ4v) is 3.22. The van der Waals surface area contributed by atoms with Crippen molar-refractivity contribution < 1.29 is 14.3 Å². The molecule has 1 fully saturated rings. The van der Waals surface area contributed by atoms with Gasteiger partial charge in [0.25, 0.3) is 0 Å². The molecule has 1 aromatic carbocycles. The minimum atomic E-state index is -0.531. The summed E-state index contributed by atoms with van der Waals surface area (Å²) in [6.07, 6.45) is 1.39. The normalized spacial score (nSPS) is 17.1. The number of nitrogens with one attached hydrogen (secondary N) is 1. The Morgan fingerprint density at radius 1 is 1.00 bits per heavy atom. The molecule has 3 rings (SSSR count). The van der Waals surface area contributed by atoms with E-state index in [1.165, 1.54) is 0 Å². The van der Waals surface area contributed by atoms with E-state index < -0.39 is 11.0 Å². The van der Waals surface area contributed by atoms with Crippen molar-refractivity contribution in [3.05, 3.63) is 30.1 Å². The molecule has 0 bridgehead atoms. The first-order chi connectivity index (χ1) is 14.9. The zero-order chi connectivity index (χ0) is 23.5. The van der Waals surface area contributed by atoms with E-state index in [0.717, 1.165) is 18.4 Å². The Morgan fingerprint density at radius 2 is 1.62 bits per heavy atom. The minimum Gasteiger partial charge on any atom is -0.444 e. The molecular formula is C23H32N6O3. The molecule has 0 radical (unpaired) electrons. The Morgan fingerprint density at radius 3 is 2.19 bits per heavy atom. The summed E-state index contributed by atoms with van der Waals surface area (Å²) in [6, 6.07) is 7.25. The molecule has 1 aliphatic heterocycles. The van der Waals surface area contributed by atoms with Crippen LogP contribution >= 0.6 is 0 Å². The molecule has 1 aromatic heterocycles. The van der Waals surface area contributed by atoms with Crippen molar-refractivity contribution in [2.24, 2.45) is 5.41 Å². The molecule has 9 nitrogen and oxygen atoms in total. The fraction of sp³-hybridized carbons (Fsp3) is 0.565. The van der Waals surface area contributed by atoms with Crippen LogP contribution < -0.4 is 5.32 Å². The van der Waals surface area contributed by atoms with Gasteiger partial charge in [-0.2, -0.15) is 0 Å². The smallest absolute Gasteiger partial charge is 0.410 e. The highest BCUT2D eigenvalue weighted by molar-refractivity contribution is 5.94. The number of carbonyl (C=O) groups excluding carboxylic acids is 2. The van der Waals surface area contributed by atoms with Crippen molar-refractivity contribution >= 4 is 17.7 Å². The summed E-state index contributed by atoms with van der Waals surface area (Å²) in [7, 11) is 0. The second-order valence-electron chi connectivity index (χ2n) is 10.1. The summed E-state index contributed by atoms with van der Waals surface area (Å²) in [6.45, 7) is 12.3. The highest BCUT2D eigenvalue weighted by Gasteiger charge is 2.30. The predicted molar refractivity (Wildman–Crippen MR) is 121 cm³/mol. The molecular weight excluding hydrogens is 408 g/mol. The standard InChI is InChI=1S/C23H32N6O3/c1-22(2,3)20(30)24-17-11-9-15(10-12-17)18-25-27-19(28-26-18)16-8-7-13-29(14-16)21(31)32-23(4,5)6/h9-12,16H,7-8,13-14H2,1-6H3,(H,24,30). The molecule has 1 saturated heterocycles. The number of ether oxygens (including phenoxy) is 1. The molecule has 32 heavy (non-hydrogen) atoms. The number of piperidine rings is 1. The molecule has 2 heterocycles. The molecule has 0 saturated carbocycles. The summed E-state index contributed by atoms with van der Waals surface area (Å²) in [5.74, 6) is 0.848. The average Bonchev–Trinajstić information content (AvgIpc) is 2.73. The summed E-state index contributed by atoms with van der Waals surface area (Å²) < 4.78 is 5.48. The summed E-state index contributed by atoms with van der Waals surface area (Å²) >= 11 is 0. The van der Waals surface area contributed by atoms with Gasteiger partial charge in [0.2, 0.25) is 11.7 Å². The molecule has 172 valence electrons. The number of nitrogens with zero attached hydrogens (tertiary/aromatic N) is 5.